The van der Waals surface area contributed by atoms with Gasteiger partial charge in [-0.2, -0.15) is 0 Å². The smallest absolute Gasteiger partial charge is 0.201 e. The van der Waals surface area contributed by atoms with Gasteiger partial charge in [0.05, 0.1) is 0 Å². The number of aryl methyl sites for hydroxylation is 3. The lowest BCUT2D eigenvalue weighted by Crippen LogP contribution is -2.31. The summed E-state index contributed by atoms with van der Waals surface area (Å²) < 4.78 is 2.23. The van der Waals surface area contributed by atoms with Gasteiger partial charge in [0.2, 0.25) is 5.69 Å². The maximum absolute atomic E-state index is 2.39. The van der Waals surface area contributed by atoms with Crippen LogP contribution in [0, 0.1) is 13.8 Å². The van der Waals surface area contributed by atoms with E-state index >= 15 is 0 Å². The Kier molecular flexibility index (Phi) is 4.51. The van der Waals surface area contributed by atoms with Gasteiger partial charge in [0, 0.05) is 17.2 Å². The summed E-state index contributed by atoms with van der Waals surface area (Å²) in [5.41, 5.74) is 9.25. The molecule has 0 saturated heterocycles. The molecule has 1 aromatic heterocycles. The maximum Gasteiger partial charge on any atom is 0.212 e. The molecule has 0 saturated carbocycles. The monoisotopic (exact) mass is 330 g/mol. The molecule has 0 aliphatic carbocycles. The van der Waals surface area contributed by atoms with Gasteiger partial charge in [-0.25, -0.2) is 4.57 Å². The van der Waals surface area contributed by atoms with Crippen LogP contribution in [0.2, 0.25) is 0 Å². The molecule has 0 radical (unpaired) electrons. The summed E-state index contributed by atoms with van der Waals surface area (Å²) in [5, 5.41) is 0. The predicted octanol–water partition coefficient (Wildman–Crippen LogP) is 5.76. The first-order valence-corrected chi connectivity index (χ1v) is 8.94. The van der Waals surface area contributed by atoms with E-state index < -0.39 is 0 Å². The maximum atomic E-state index is 2.39. The molecule has 25 heavy (non-hydrogen) atoms. The van der Waals surface area contributed by atoms with Gasteiger partial charge >= 0.3 is 0 Å². The normalized spacial score (nSPS) is 11.6. The molecule has 2 aromatic carbocycles. The molecular weight excluding hydrogens is 302 g/mol. The van der Waals surface area contributed by atoms with E-state index in [1.807, 2.05) is 0 Å². The van der Waals surface area contributed by atoms with Gasteiger partial charge in [-0.1, -0.05) is 57.2 Å². The lowest BCUT2D eigenvalue weighted by molar-refractivity contribution is -0.660. The highest BCUT2D eigenvalue weighted by Crippen LogP contribution is 2.37. The van der Waals surface area contributed by atoms with E-state index in [0.29, 0.717) is 0 Å². The zero-order valence-electron chi connectivity index (χ0n) is 16.2. The summed E-state index contributed by atoms with van der Waals surface area (Å²) in [5.74, 6) is 0. The van der Waals surface area contributed by atoms with Gasteiger partial charge in [0.1, 0.15) is 7.05 Å². The van der Waals surface area contributed by atoms with Gasteiger partial charge in [-0.3, -0.25) is 0 Å². The number of aromatic nitrogens is 1. The Morgan fingerprint density at radius 3 is 2.08 bits per heavy atom. The molecule has 0 spiro atoms. The van der Waals surface area contributed by atoms with E-state index in [1.54, 1.807) is 0 Å². The summed E-state index contributed by atoms with van der Waals surface area (Å²) in [6.07, 6.45) is 2.19. The van der Waals surface area contributed by atoms with Crippen molar-refractivity contribution in [3.8, 4) is 22.4 Å². The number of benzene rings is 2. The molecule has 1 nitrogen and oxygen atoms in total. The molecule has 0 aliphatic rings. The fourth-order valence-corrected chi connectivity index (χ4v) is 3.49. The topological polar surface area (TPSA) is 3.88 Å². The van der Waals surface area contributed by atoms with Gasteiger partial charge in [0.25, 0.3) is 0 Å². The van der Waals surface area contributed by atoms with Crippen molar-refractivity contribution in [3.05, 3.63) is 77.5 Å². The first kappa shape index (κ1) is 17.4. The van der Waals surface area contributed by atoms with Gasteiger partial charge in [-0.05, 0) is 53.6 Å². The minimum Gasteiger partial charge on any atom is -0.201 e. The molecule has 1 heterocycles. The second-order valence-electron chi connectivity index (χ2n) is 8.03. The summed E-state index contributed by atoms with van der Waals surface area (Å²) in [4.78, 5) is 0. The van der Waals surface area contributed by atoms with Crippen LogP contribution in [-0.4, -0.2) is 0 Å². The molecule has 0 amide bonds. The highest BCUT2D eigenvalue weighted by molar-refractivity contribution is 5.75. The lowest BCUT2D eigenvalue weighted by atomic mass is 9.79. The Hall–Kier alpha value is -2.41. The second kappa shape index (κ2) is 6.48. The van der Waals surface area contributed by atoms with Crippen molar-refractivity contribution in [2.75, 3.05) is 0 Å². The third-order valence-corrected chi connectivity index (χ3v) is 4.81. The zero-order chi connectivity index (χ0) is 18.2. The van der Waals surface area contributed by atoms with Gasteiger partial charge in [-0.15, -0.1) is 0 Å². The highest BCUT2D eigenvalue weighted by Gasteiger charge is 2.23. The van der Waals surface area contributed by atoms with Crippen molar-refractivity contribution in [2.24, 2.45) is 7.05 Å². The minimum atomic E-state index is 0.0803. The fraction of sp³-hybridized carbons (Fsp3) is 0.292. The van der Waals surface area contributed by atoms with E-state index in [2.05, 4.69) is 107 Å². The van der Waals surface area contributed by atoms with Crippen molar-refractivity contribution < 1.29 is 4.57 Å². The first-order chi connectivity index (χ1) is 11.8. The van der Waals surface area contributed by atoms with E-state index in [1.165, 1.54) is 39.1 Å². The number of nitrogens with zero attached hydrogens (tertiary/aromatic N) is 1. The molecule has 0 bridgehead atoms. The fourth-order valence-electron chi connectivity index (χ4n) is 3.49. The average molecular weight is 330 g/mol. The Bertz CT molecular complexity index is 899. The van der Waals surface area contributed by atoms with Gasteiger partial charge in [0.15, 0.2) is 6.20 Å². The molecule has 3 aromatic rings. The Morgan fingerprint density at radius 1 is 0.800 bits per heavy atom. The number of hydrogen-bond donors (Lipinski definition) is 0. The quantitative estimate of drug-likeness (QED) is 0.526. The van der Waals surface area contributed by atoms with E-state index in [0.717, 1.165) is 0 Å². The highest BCUT2D eigenvalue weighted by atomic mass is 14.9. The van der Waals surface area contributed by atoms with Crippen LogP contribution in [0.4, 0.5) is 0 Å². The van der Waals surface area contributed by atoms with Crippen LogP contribution in [0.25, 0.3) is 22.4 Å². The largest absolute Gasteiger partial charge is 0.212 e. The van der Waals surface area contributed by atoms with Crippen LogP contribution >= 0.6 is 0 Å². The first-order valence-electron chi connectivity index (χ1n) is 8.94. The summed E-state index contributed by atoms with van der Waals surface area (Å²) in [6, 6.07) is 19.9. The van der Waals surface area contributed by atoms with Crippen LogP contribution in [0.3, 0.4) is 0 Å². The van der Waals surface area contributed by atoms with Crippen molar-refractivity contribution in [1.29, 1.82) is 0 Å². The second-order valence-corrected chi connectivity index (χ2v) is 8.03. The Labute approximate surface area is 152 Å². The van der Waals surface area contributed by atoms with Crippen molar-refractivity contribution in [1.82, 2.24) is 0 Å². The molecule has 0 aliphatic heterocycles. The minimum absolute atomic E-state index is 0.0803. The van der Waals surface area contributed by atoms with Crippen molar-refractivity contribution in [3.63, 3.8) is 0 Å². The van der Waals surface area contributed by atoms with Crippen LogP contribution in [-0.2, 0) is 12.5 Å². The molecule has 1 heteroatoms. The van der Waals surface area contributed by atoms with E-state index in [-0.39, 0.29) is 5.41 Å². The average Bonchev–Trinajstić information content (AvgIpc) is 2.55. The molecule has 128 valence electrons. The number of hydrogen-bond acceptors (Lipinski definition) is 0. The van der Waals surface area contributed by atoms with Crippen molar-refractivity contribution >= 4 is 0 Å². The Morgan fingerprint density at radius 2 is 1.48 bits per heavy atom. The SMILES string of the molecule is Cc1ccc(-c2cc(C(C)(C)C)c(-c3ccccc3)cc2C)[n+](C)c1. The summed E-state index contributed by atoms with van der Waals surface area (Å²) >= 11 is 0. The molecule has 0 unspecified atom stereocenters. The van der Waals surface area contributed by atoms with Crippen LogP contribution in [0.15, 0.2) is 60.8 Å². The molecule has 0 N–H and O–H groups in total. The molecule has 3 rings (SSSR count). The van der Waals surface area contributed by atoms with Crippen LogP contribution in [0.1, 0.15) is 37.5 Å². The Balaban J connectivity index is 2.27. The molecule has 0 fully saturated rings. The molecule has 0 atom stereocenters. The van der Waals surface area contributed by atoms with Crippen LogP contribution < -0.4 is 4.57 Å². The molecular formula is C24H28N+. The number of pyridine rings is 1. The van der Waals surface area contributed by atoms with Crippen LogP contribution in [0.5, 0.6) is 0 Å². The summed E-state index contributed by atoms with van der Waals surface area (Å²) in [6.45, 7) is 11.2. The third-order valence-electron chi connectivity index (χ3n) is 4.81. The lowest BCUT2D eigenvalue weighted by Gasteiger charge is -2.25. The summed E-state index contributed by atoms with van der Waals surface area (Å²) in [7, 11) is 2.13. The standard InChI is InChI=1S/C24H28N/c1-17-12-13-23(25(6)16-17)20-15-22(24(3,4)5)21(14-18(20)2)19-10-8-7-9-11-19/h7-16H,1-6H3/q+1. The van der Waals surface area contributed by atoms with E-state index in [9.17, 15) is 0 Å². The van der Waals surface area contributed by atoms with E-state index in [4.69, 9.17) is 0 Å². The van der Waals surface area contributed by atoms with Gasteiger partial charge < -0.3 is 0 Å². The third kappa shape index (κ3) is 3.51. The van der Waals surface area contributed by atoms with Crippen molar-refractivity contribution in [2.45, 2.75) is 40.0 Å². The predicted molar refractivity (Wildman–Crippen MR) is 107 cm³/mol. The number of rotatable bonds is 2. The zero-order valence-corrected chi connectivity index (χ0v) is 16.2.